The number of hydrogen-bond acceptors (Lipinski definition) is 3. The van der Waals surface area contributed by atoms with Gasteiger partial charge in [-0.25, -0.2) is 13.1 Å². The molecule has 4 rings (SSSR count). The molecule has 0 heterocycles. The Morgan fingerprint density at radius 3 is 1.83 bits per heavy atom. The zero-order valence-electron chi connectivity index (χ0n) is 20.0. The maximum atomic E-state index is 13.4. The van der Waals surface area contributed by atoms with Gasteiger partial charge in [-0.1, -0.05) is 109 Å². The topological polar surface area (TPSA) is 75.3 Å². The lowest BCUT2D eigenvalue weighted by Crippen LogP contribution is -2.42. The molecule has 0 radical (unpaired) electrons. The third-order valence-electron chi connectivity index (χ3n) is 5.60. The van der Waals surface area contributed by atoms with Crippen molar-refractivity contribution in [2.75, 3.05) is 5.75 Å². The fourth-order valence-electron chi connectivity index (χ4n) is 3.96. The van der Waals surface area contributed by atoms with Gasteiger partial charge in [-0.3, -0.25) is 4.79 Å². The van der Waals surface area contributed by atoms with Crippen LogP contribution in [0.15, 0.2) is 115 Å². The molecule has 0 fully saturated rings. The highest BCUT2D eigenvalue weighted by molar-refractivity contribution is 7.89. The second kappa shape index (κ2) is 12.1. The first-order valence-electron chi connectivity index (χ1n) is 11.7. The lowest BCUT2D eigenvalue weighted by Gasteiger charge is -2.23. The highest BCUT2D eigenvalue weighted by atomic mass is 32.2. The zero-order valence-corrected chi connectivity index (χ0v) is 21.8. The average Bonchev–Trinajstić information content (AvgIpc) is 2.89. The van der Waals surface area contributed by atoms with Crippen molar-refractivity contribution in [3.8, 4) is 0 Å². The summed E-state index contributed by atoms with van der Waals surface area (Å²) in [6.45, 7) is 1.92. The Balaban J connectivity index is 1.52. The number of hydrogen-bond donors (Lipinski definition) is 2. The fourth-order valence-corrected chi connectivity index (χ4v) is 7.66. The minimum Gasteiger partial charge on any atom is -0.348 e. The maximum Gasteiger partial charge on any atom is 0.252 e. The second-order valence-corrected chi connectivity index (χ2v) is 12.5. The number of carbonyl (C=O) groups is 1. The summed E-state index contributed by atoms with van der Waals surface area (Å²) in [6.07, 6.45) is 0. The van der Waals surface area contributed by atoms with Crippen molar-refractivity contribution in [3.05, 3.63) is 126 Å². The van der Waals surface area contributed by atoms with E-state index in [1.165, 1.54) is 0 Å². The number of carbonyl (C=O) groups excluding carboxylic acids is 1. The Kier molecular flexibility index (Phi) is 8.65. The van der Waals surface area contributed by atoms with E-state index in [-0.39, 0.29) is 18.2 Å². The van der Waals surface area contributed by atoms with E-state index in [4.69, 9.17) is 0 Å². The van der Waals surface area contributed by atoms with Crippen LogP contribution in [0.1, 0.15) is 22.8 Å². The second-order valence-electron chi connectivity index (χ2n) is 8.49. The van der Waals surface area contributed by atoms with Gasteiger partial charge in [-0.2, -0.15) is 0 Å². The minimum absolute atomic E-state index is 0.208. The van der Waals surface area contributed by atoms with Gasteiger partial charge in [0.15, 0.2) is 0 Å². The SMILES string of the molecule is C[C@@H](CS(=O)(=O)NCc1ccccc1)NC(=O)c1ccccc1P(c1ccccc1)c1ccccc1. The van der Waals surface area contributed by atoms with E-state index < -0.39 is 24.0 Å². The fraction of sp³-hybridized carbons (Fsp3) is 0.138. The molecule has 2 N–H and O–H groups in total. The van der Waals surface area contributed by atoms with Crippen LogP contribution in [0.4, 0.5) is 0 Å². The molecular formula is C29H29N2O3PS. The quantitative estimate of drug-likeness (QED) is 0.316. The Hall–Kier alpha value is -3.31. The van der Waals surface area contributed by atoms with E-state index in [0.29, 0.717) is 5.56 Å². The number of benzene rings is 4. The molecule has 1 amide bonds. The standard InChI is InChI=1S/C29H29N2O3PS/c1-23(22-36(33,34)30-21-24-13-5-2-6-14-24)31-29(32)27-19-11-12-20-28(27)35(25-15-7-3-8-16-25)26-17-9-4-10-18-26/h2-20,23,30H,21-22H2,1H3,(H,31,32)/t23-/m0/s1. The third-order valence-corrected chi connectivity index (χ3v) is 9.63. The lowest BCUT2D eigenvalue weighted by atomic mass is 10.2. The molecule has 0 aromatic heterocycles. The highest BCUT2D eigenvalue weighted by Gasteiger charge is 2.24. The molecule has 0 aliphatic rings. The summed E-state index contributed by atoms with van der Waals surface area (Å²) in [5, 5.41) is 6.11. The molecule has 1 atom stereocenters. The Bertz CT molecular complexity index is 1340. The van der Waals surface area contributed by atoms with E-state index in [0.717, 1.165) is 21.5 Å². The van der Waals surface area contributed by atoms with Crippen molar-refractivity contribution in [1.82, 2.24) is 10.0 Å². The van der Waals surface area contributed by atoms with Crippen LogP contribution in [-0.4, -0.2) is 26.1 Å². The summed E-state index contributed by atoms with van der Waals surface area (Å²) in [4.78, 5) is 13.4. The van der Waals surface area contributed by atoms with Crippen LogP contribution in [0, 0.1) is 0 Å². The molecule has 4 aromatic carbocycles. The molecule has 36 heavy (non-hydrogen) atoms. The number of nitrogens with one attached hydrogen (secondary N) is 2. The van der Waals surface area contributed by atoms with Gasteiger partial charge in [0, 0.05) is 18.2 Å². The zero-order chi connectivity index (χ0) is 25.4. The summed E-state index contributed by atoms with van der Waals surface area (Å²) in [5.74, 6) is -0.490. The van der Waals surface area contributed by atoms with Crippen LogP contribution in [0.25, 0.3) is 0 Å². The molecule has 0 aliphatic heterocycles. The van der Waals surface area contributed by atoms with Gasteiger partial charge in [0.25, 0.3) is 5.91 Å². The smallest absolute Gasteiger partial charge is 0.252 e. The maximum absolute atomic E-state index is 13.4. The number of sulfonamides is 1. The third kappa shape index (κ3) is 6.88. The Labute approximate surface area is 214 Å². The molecule has 0 aliphatic carbocycles. The van der Waals surface area contributed by atoms with Gasteiger partial charge in [0.1, 0.15) is 0 Å². The van der Waals surface area contributed by atoms with Crippen molar-refractivity contribution >= 4 is 39.8 Å². The largest absolute Gasteiger partial charge is 0.348 e. The average molecular weight is 517 g/mol. The molecule has 0 spiro atoms. The van der Waals surface area contributed by atoms with Gasteiger partial charge >= 0.3 is 0 Å². The van der Waals surface area contributed by atoms with E-state index in [9.17, 15) is 13.2 Å². The van der Waals surface area contributed by atoms with Crippen LogP contribution in [0.3, 0.4) is 0 Å². The summed E-state index contributed by atoms with van der Waals surface area (Å²) in [6, 6.07) is 36.7. The Morgan fingerprint density at radius 1 is 0.750 bits per heavy atom. The van der Waals surface area contributed by atoms with Crippen LogP contribution in [0.2, 0.25) is 0 Å². The normalized spacial score (nSPS) is 12.3. The van der Waals surface area contributed by atoms with Crippen molar-refractivity contribution in [2.45, 2.75) is 19.5 Å². The predicted molar refractivity (Wildman–Crippen MR) is 149 cm³/mol. The minimum atomic E-state index is -3.58. The first kappa shape index (κ1) is 25.8. The van der Waals surface area contributed by atoms with Gasteiger partial charge in [-0.05, 0) is 42.4 Å². The monoisotopic (exact) mass is 516 g/mol. The van der Waals surface area contributed by atoms with Gasteiger partial charge in [0.2, 0.25) is 10.0 Å². The van der Waals surface area contributed by atoms with E-state index >= 15 is 0 Å². The summed E-state index contributed by atoms with van der Waals surface area (Å²) < 4.78 is 27.9. The first-order chi connectivity index (χ1) is 17.4. The molecule has 0 unspecified atom stereocenters. The van der Waals surface area contributed by atoms with Gasteiger partial charge in [0.05, 0.1) is 5.75 Å². The van der Waals surface area contributed by atoms with Crippen molar-refractivity contribution in [2.24, 2.45) is 0 Å². The highest BCUT2D eigenvalue weighted by Crippen LogP contribution is 2.34. The van der Waals surface area contributed by atoms with Gasteiger partial charge < -0.3 is 5.32 Å². The summed E-state index contributed by atoms with van der Waals surface area (Å²) in [5.41, 5.74) is 1.43. The van der Waals surface area contributed by atoms with E-state index in [2.05, 4.69) is 34.3 Å². The number of amides is 1. The van der Waals surface area contributed by atoms with Crippen molar-refractivity contribution in [1.29, 1.82) is 0 Å². The van der Waals surface area contributed by atoms with Crippen molar-refractivity contribution < 1.29 is 13.2 Å². The molecule has 5 nitrogen and oxygen atoms in total. The van der Waals surface area contributed by atoms with E-state index in [1.54, 1.807) is 13.0 Å². The van der Waals surface area contributed by atoms with Crippen LogP contribution < -0.4 is 26.0 Å². The van der Waals surface area contributed by atoms with Crippen LogP contribution in [0.5, 0.6) is 0 Å². The molecule has 0 saturated carbocycles. The summed E-state index contributed by atoms with van der Waals surface area (Å²) >= 11 is 0. The molecule has 4 aromatic rings. The van der Waals surface area contributed by atoms with E-state index in [1.807, 2.05) is 84.9 Å². The predicted octanol–water partition coefficient (Wildman–Crippen LogP) is 3.68. The Morgan fingerprint density at radius 2 is 1.25 bits per heavy atom. The number of rotatable bonds is 10. The molecule has 7 heteroatoms. The molecule has 184 valence electrons. The lowest BCUT2D eigenvalue weighted by molar-refractivity contribution is 0.0945. The van der Waals surface area contributed by atoms with Gasteiger partial charge in [-0.15, -0.1) is 0 Å². The summed E-state index contributed by atoms with van der Waals surface area (Å²) in [7, 11) is -4.55. The molecule has 0 bridgehead atoms. The first-order valence-corrected chi connectivity index (χ1v) is 14.7. The van der Waals surface area contributed by atoms with Crippen LogP contribution in [-0.2, 0) is 16.6 Å². The van der Waals surface area contributed by atoms with Crippen molar-refractivity contribution in [3.63, 3.8) is 0 Å². The molecule has 0 saturated heterocycles. The van der Waals surface area contributed by atoms with Crippen LogP contribution >= 0.6 is 7.92 Å². The molecular weight excluding hydrogens is 487 g/mol.